The molecule has 4 aromatic rings. The van der Waals surface area contributed by atoms with E-state index in [1.54, 1.807) is 4.68 Å². The first-order valence-electron chi connectivity index (χ1n) is 11.6. The van der Waals surface area contributed by atoms with E-state index in [0.29, 0.717) is 12.2 Å². The monoisotopic (exact) mass is 444 g/mol. The molecule has 0 bridgehead atoms. The molecule has 3 aromatic heterocycles. The standard InChI is InChI=1S/C25H29N7O/c1-17-15-20(16-18(2)27-17)21-22(19-9-5-3-6-10-19)28-24(26)32-23(21)29-31(25(32)33)14-13-30-11-7-4-8-12-30/h3,5-6,9-10,15-16H,4,7-8,11-14H2,1-2H3,(H2,26,27,28,29)/p+1. The molecule has 1 saturated heterocycles. The van der Waals surface area contributed by atoms with Crippen molar-refractivity contribution in [3.8, 4) is 22.4 Å². The van der Waals surface area contributed by atoms with Crippen LogP contribution in [0, 0.1) is 13.8 Å². The molecule has 0 radical (unpaired) electrons. The van der Waals surface area contributed by atoms with Crippen LogP contribution < -0.4 is 15.8 Å². The van der Waals surface area contributed by atoms with Gasteiger partial charge in [-0.1, -0.05) is 36.8 Å². The molecule has 0 saturated carbocycles. The minimum absolute atomic E-state index is 0.174. The highest BCUT2D eigenvalue weighted by atomic mass is 16.2. The fraction of sp³-hybridized carbons (Fsp3) is 0.360. The minimum Gasteiger partial charge on any atom is -0.319 e. The third-order valence-corrected chi connectivity index (χ3v) is 6.32. The van der Waals surface area contributed by atoms with E-state index in [1.807, 2.05) is 56.3 Å². The first kappa shape index (κ1) is 21.3. The maximum absolute atomic E-state index is 13.3. The lowest BCUT2D eigenvalue weighted by Gasteiger charge is -2.25. The lowest BCUT2D eigenvalue weighted by molar-refractivity contribution is -0.516. The van der Waals surface area contributed by atoms with E-state index >= 15 is 0 Å². The second kappa shape index (κ2) is 8.78. The Morgan fingerprint density at radius 3 is 2.36 bits per heavy atom. The number of nitrogens with two attached hydrogens (primary N) is 1. The van der Waals surface area contributed by atoms with Crippen molar-refractivity contribution in [2.75, 3.05) is 25.4 Å². The van der Waals surface area contributed by atoms with Crippen LogP contribution in [0.15, 0.2) is 47.3 Å². The maximum Gasteiger partial charge on any atom is 0.428 e. The van der Waals surface area contributed by atoms with Gasteiger partial charge >= 0.3 is 11.6 Å². The summed E-state index contributed by atoms with van der Waals surface area (Å²) in [6.45, 7) is 7.53. The number of piperidine rings is 1. The third-order valence-electron chi connectivity index (χ3n) is 6.32. The number of anilines is 1. The van der Waals surface area contributed by atoms with Crippen LogP contribution in [0.1, 0.15) is 30.7 Å². The Bertz CT molecular complexity index is 1330. The molecule has 170 valence electrons. The smallest absolute Gasteiger partial charge is 0.319 e. The molecule has 1 aliphatic heterocycles. The normalized spacial score (nSPS) is 14.7. The van der Waals surface area contributed by atoms with Crippen LogP contribution in [0.4, 0.5) is 5.95 Å². The highest BCUT2D eigenvalue weighted by Gasteiger charge is 2.26. The zero-order chi connectivity index (χ0) is 22.9. The van der Waals surface area contributed by atoms with Gasteiger partial charge in [-0.15, -0.1) is 9.38 Å². The fourth-order valence-corrected chi connectivity index (χ4v) is 4.79. The van der Waals surface area contributed by atoms with Gasteiger partial charge in [0.1, 0.15) is 5.69 Å². The number of nitrogens with one attached hydrogen (secondary N) is 1. The summed E-state index contributed by atoms with van der Waals surface area (Å²) in [5.41, 5.74) is 12.1. The van der Waals surface area contributed by atoms with Gasteiger partial charge < -0.3 is 10.6 Å². The van der Waals surface area contributed by atoms with Crippen LogP contribution in [-0.4, -0.2) is 44.3 Å². The van der Waals surface area contributed by atoms with Gasteiger partial charge in [-0.2, -0.15) is 4.68 Å². The van der Waals surface area contributed by atoms with Crippen molar-refractivity contribution in [3.63, 3.8) is 0 Å². The number of pyridine rings is 1. The molecule has 0 atom stereocenters. The van der Waals surface area contributed by atoms with Crippen molar-refractivity contribution in [2.24, 2.45) is 0 Å². The highest BCUT2D eigenvalue weighted by molar-refractivity contribution is 5.88. The molecular weight excluding hydrogens is 414 g/mol. The minimum atomic E-state index is -0.199. The molecule has 1 fully saturated rings. The molecule has 0 amide bonds. The topological polar surface area (TPSA) is 96.9 Å². The van der Waals surface area contributed by atoms with E-state index < -0.39 is 0 Å². The molecule has 0 unspecified atom stereocenters. The van der Waals surface area contributed by atoms with Gasteiger partial charge in [0.15, 0.2) is 0 Å². The maximum atomic E-state index is 13.3. The zero-order valence-electron chi connectivity index (χ0n) is 19.2. The summed E-state index contributed by atoms with van der Waals surface area (Å²) in [5.74, 6) is 0.174. The van der Waals surface area contributed by atoms with Crippen LogP contribution in [0.2, 0.25) is 0 Å². The Balaban J connectivity index is 1.70. The van der Waals surface area contributed by atoms with Crippen molar-refractivity contribution in [1.82, 2.24) is 24.6 Å². The number of hydrogen-bond acceptors (Lipinski definition) is 5. The Hall–Kier alpha value is -3.52. The first-order chi connectivity index (χ1) is 16.0. The quantitative estimate of drug-likeness (QED) is 0.462. The molecule has 33 heavy (non-hydrogen) atoms. The predicted molar refractivity (Wildman–Crippen MR) is 129 cm³/mol. The van der Waals surface area contributed by atoms with Crippen LogP contribution in [0.5, 0.6) is 0 Å². The molecule has 1 aliphatic rings. The van der Waals surface area contributed by atoms with Gasteiger partial charge in [0.05, 0.1) is 12.1 Å². The second-order valence-corrected chi connectivity index (χ2v) is 8.83. The summed E-state index contributed by atoms with van der Waals surface area (Å²) < 4.78 is 3.14. The van der Waals surface area contributed by atoms with Crippen molar-refractivity contribution < 1.29 is 4.40 Å². The molecule has 8 heteroatoms. The van der Waals surface area contributed by atoms with Gasteiger partial charge in [0.2, 0.25) is 5.65 Å². The number of aryl methyl sites for hydroxylation is 2. The van der Waals surface area contributed by atoms with Gasteiger partial charge in [-0.25, -0.2) is 9.89 Å². The number of nitrogens with zero attached hydrogens (tertiary/aromatic N) is 5. The summed E-state index contributed by atoms with van der Waals surface area (Å²) in [6, 6.07) is 14.0. The number of benzene rings is 1. The first-order valence-corrected chi connectivity index (χ1v) is 11.6. The number of rotatable bonds is 5. The average Bonchev–Trinajstić information content (AvgIpc) is 3.14. The number of aromatic amines is 1. The number of aromatic nitrogens is 5. The molecule has 0 spiro atoms. The molecule has 0 aliphatic carbocycles. The SMILES string of the molecule is Cc1cc(-c2c(-c3ccccc3)nc(N)[n+]3c(=O)n(CCN4CCCCC4)[nH]c23)cc(C)n1. The van der Waals surface area contributed by atoms with E-state index in [-0.39, 0.29) is 11.6 Å². The van der Waals surface area contributed by atoms with Crippen molar-refractivity contribution >= 4 is 11.6 Å². The zero-order valence-corrected chi connectivity index (χ0v) is 19.2. The van der Waals surface area contributed by atoms with E-state index in [2.05, 4.69) is 15.0 Å². The van der Waals surface area contributed by atoms with Gasteiger partial charge in [-0.3, -0.25) is 4.98 Å². The number of nitrogen functional groups attached to an aromatic ring is 1. The lowest BCUT2D eigenvalue weighted by atomic mass is 9.99. The molecule has 3 N–H and O–H groups in total. The predicted octanol–water partition coefficient (Wildman–Crippen LogP) is 2.72. The molecule has 1 aromatic carbocycles. The van der Waals surface area contributed by atoms with Crippen molar-refractivity contribution in [2.45, 2.75) is 39.7 Å². The van der Waals surface area contributed by atoms with Crippen LogP contribution in [-0.2, 0) is 6.54 Å². The van der Waals surface area contributed by atoms with Gasteiger partial charge in [0.25, 0.3) is 0 Å². The average molecular weight is 445 g/mol. The van der Waals surface area contributed by atoms with Gasteiger partial charge in [-0.05, 0) is 57.5 Å². The number of H-pyrrole nitrogens is 1. The number of likely N-dealkylation sites (tertiary alicyclic amines) is 1. The lowest BCUT2D eigenvalue weighted by Crippen LogP contribution is -2.45. The molecule has 8 nitrogen and oxygen atoms in total. The summed E-state index contributed by atoms with van der Waals surface area (Å²) in [5, 5.41) is 3.36. The second-order valence-electron chi connectivity index (χ2n) is 8.83. The van der Waals surface area contributed by atoms with Gasteiger partial charge in [0, 0.05) is 23.5 Å². The molecule has 4 heterocycles. The van der Waals surface area contributed by atoms with E-state index in [4.69, 9.17) is 10.7 Å². The Labute approximate surface area is 192 Å². The summed E-state index contributed by atoms with van der Waals surface area (Å²) in [7, 11) is 0. The Morgan fingerprint density at radius 1 is 0.970 bits per heavy atom. The largest absolute Gasteiger partial charge is 0.428 e. The number of hydrogen-bond donors (Lipinski definition) is 2. The highest BCUT2D eigenvalue weighted by Crippen LogP contribution is 2.33. The summed E-state index contributed by atoms with van der Waals surface area (Å²) in [4.78, 5) is 25.0. The Kier molecular flexibility index (Phi) is 5.68. The van der Waals surface area contributed by atoms with Crippen molar-refractivity contribution in [3.05, 3.63) is 64.3 Å². The van der Waals surface area contributed by atoms with Crippen molar-refractivity contribution in [1.29, 1.82) is 0 Å². The molecular formula is C25H30N7O+. The summed E-state index contributed by atoms with van der Waals surface area (Å²) in [6.07, 6.45) is 3.73. The summed E-state index contributed by atoms with van der Waals surface area (Å²) >= 11 is 0. The molecule has 5 rings (SSSR count). The van der Waals surface area contributed by atoms with Crippen LogP contribution >= 0.6 is 0 Å². The van der Waals surface area contributed by atoms with E-state index in [9.17, 15) is 4.79 Å². The van der Waals surface area contributed by atoms with Crippen LogP contribution in [0.25, 0.3) is 28.0 Å². The van der Waals surface area contributed by atoms with Crippen LogP contribution in [0.3, 0.4) is 0 Å². The number of fused-ring (bicyclic) bond motifs is 1. The van der Waals surface area contributed by atoms with E-state index in [1.165, 1.54) is 23.7 Å². The Morgan fingerprint density at radius 2 is 1.67 bits per heavy atom. The third kappa shape index (κ3) is 4.14. The van der Waals surface area contributed by atoms with E-state index in [0.717, 1.165) is 53.4 Å². The fourth-order valence-electron chi connectivity index (χ4n) is 4.79.